The van der Waals surface area contributed by atoms with Crippen LogP contribution in [0.5, 0.6) is 28.7 Å². The normalized spacial score (nSPS) is 14.2. The van der Waals surface area contributed by atoms with Gasteiger partial charge in [0.15, 0.2) is 0 Å². The van der Waals surface area contributed by atoms with E-state index in [1.807, 2.05) is 72.8 Å². The second kappa shape index (κ2) is 14.0. The summed E-state index contributed by atoms with van der Waals surface area (Å²) in [6, 6.07) is 40.1. The predicted octanol–water partition coefficient (Wildman–Crippen LogP) is 7.50. The van der Waals surface area contributed by atoms with Crippen molar-refractivity contribution in [3.05, 3.63) is 173 Å². The van der Waals surface area contributed by atoms with Crippen LogP contribution in [0.4, 0.5) is 0 Å². The lowest BCUT2D eigenvalue weighted by molar-refractivity contribution is 0.306. The molecule has 0 unspecified atom stereocenters. The summed E-state index contributed by atoms with van der Waals surface area (Å²) >= 11 is -2.92. The van der Waals surface area contributed by atoms with Crippen LogP contribution in [0.3, 0.4) is 0 Å². The summed E-state index contributed by atoms with van der Waals surface area (Å²) < 4.78 is 28.2. The van der Waals surface area contributed by atoms with Crippen LogP contribution in [0.15, 0.2) is 151 Å². The van der Waals surface area contributed by atoms with E-state index in [1.165, 1.54) is 5.39 Å². The molecular formula is C45H34AlN3O4. The van der Waals surface area contributed by atoms with Gasteiger partial charge in [0.05, 0.1) is 11.3 Å². The summed E-state index contributed by atoms with van der Waals surface area (Å²) in [7, 11) is 0. The zero-order chi connectivity index (χ0) is 35.7. The lowest BCUT2D eigenvalue weighted by Crippen LogP contribution is -2.40. The van der Waals surface area contributed by atoms with Gasteiger partial charge < -0.3 is 20.7 Å². The summed E-state index contributed by atoms with van der Waals surface area (Å²) in [4.78, 5) is 10.0. The number of aromatic nitrogens is 2. The molecule has 0 saturated heterocycles. The van der Waals surface area contributed by atoms with Crippen LogP contribution in [0, 0.1) is 0 Å². The monoisotopic (exact) mass is 707 g/mol. The highest BCUT2D eigenvalue weighted by Crippen LogP contribution is 2.29. The molecule has 0 N–H and O–H groups in total. The minimum absolute atomic E-state index is 0.603. The molecule has 9 rings (SSSR count). The van der Waals surface area contributed by atoms with E-state index in [4.69, 9.17) is 26.1 Å². The maximum atomic E-state index is 6.61. The van der Waals surface area contributed by atoms with Crippen LogP contribution in [0.1, 0.15) is 19.0 Å². The van der Waals surface area contributed by atoms with Gasteiger partial charge in [-0.1, -0.05) is 85.5 Å². The molecule has 0 aliphatic carbocycles. The van der Waals surface area contributed by atoms with Gasteiger partial charge in [0.25, 0.3) is 0 Å². The molecule has 7 nitrogen and oxygen atoms in total. The Labute approximate surface area is 311 Å². The average Bonchev–Trinajstić information content (AvgIpc) is 3.34. The minimum Gasteiger partial charge on any atom is -0.577 e. The number of hydrogen-bond donors (Lipinski definition) is 0. The molecule has 0 fully saturated rings. The van der Waals surface area contributed by atoms with Crippen LogP contribution in [-0.2, 0) is 6.42 Å². The van der Waals surface area contributed by atoms with E-state index in [1.54, 1.807) is 0 Å². The van der Waals surface area contributed by atoms with E-state index < -0.39 is 15.1 Å². The number of ether oxygens (including phenoxy) is 1. The molecule has 0 radical (unpaired) electrons. The largest absolute Gasteiger partial charge is 1.20 e. The summed E-state index contributed by atoms with van der Waals surface area (Å²) in [6.45, 7) is 5.99. The van der Waals surface area contributed by atoms with Crippen LogP contribution < -0.4 is 37.2 Å². The van der Waals surface area contributed by atoms with Crippen LogP contribution in [0.2, 0.25) is 0 Å². The topological polar surface area (TPSA) is 67.1 Å². The number of rotatable bonds is 6. The lowest BCUT2D eigenvalue weighted by Gasteiger charge is -2.18. The first-order valence-corrected chi connectivity index (χ1v) is 19.1. The highest BCUT2D eigenvalue weighted by Gasteiger charge is 2.45. The summed E-state index contributed by atoms with van der Waals surface area (Å²) in [6.07, 6.45) is 11.7. The van der Waals surface area contributed by atoms with Crippen LogP contribution in [0.25, 0.3) is 45.7 Å². The van der Waals surface area contributed by atoms with E-state index in [9.17, 15) is 0 Å². The number of fused-ring (bicyclic) bond motifs is 3. The van der Waals surface area contributed by atoms with Crippen molar-refractivity contribution in [2.45, 2.75) is 19.8 Å². The second-order valence-electron chi connectivity index (χ2n) is 12.8. The van der Waals surface area contributed by atoms with Gasteiger partial charge in [0.1, 0.15) is 33.9 Å². The fraction of sp³-hybridized carbons (Fsp3) is 0.0667. The number of para-hydroxylation sites is 3. The molecule has 5 aromatic carbocycles. The first kappa shape index (κ1) is 32.6. The SMILES string of the molecule is C=C/C=c1\c(=C/C)n(-c2ccc(Oc3ccc([O][Al]4[O]c5cccc6c5=NC(=CCC=6)Cc5ccc6cccc(c6n5)[O]4)cc3)cc2)c2ccccc12. The summed E-state index contributed by atoms with van der Waals surface area (Å²) in [5.74, 6) is 3.26. The Kier molecular flexibility index (Phi) is 8.61. The quantitative estimate of drug-likeness (QED) is 0.168. The molecule has 0 atom stereocenters. The molecule has 0 amide bonds. The Hall–Kier alpha value is -6.33. The van der Waals surface area contributed by atoms with Gasteiger partial charge in [-0.3, -0.25) is 0 Å². The molecule has 0 spiro atoms. The molecule has 4 heterocycles. The molecule has 0 saturated carbocycles. The van der Waals surface area contributed by atoms with Crippen molar-refractivity contribution >= 4 is 55.2 Å². The van der Waals surface area contributed by atoms with Crippen molar-refractivity contribution in [2.75, 3.05) is 0 Å². The number of hydrogen-bond acceptors (Lipinski definition) is 6. The van der Waals surface area contributed by atoms with Gasteiger partial charge in [-0.25, -0.2) is 9.98 Å². The smallest absolute Gasteiger partial charge is 0.577 e. The highest BCUT2D eigenvalue weighted by atomic mass is 27.3. The Bertz CT molecular complexity index is 2830. The van der Waals surface area contributed by atoms with Crippen LogP contribution >= 0.6 is 0 Å². The number of nitrogens with zero attached hydrogens (tertiary/aromatic N) is 3. The van der Waals surface area contributed by atoms with E-state index in [-0.39, 0.29) is 0 Å². The zero-order valence-corrected chi connectivity index (χ0v) is 30.3. The molecule has 256 valence electrons. The first-order valence-electron chi connectivity index (χ1n) is 17.7. The minimum atomic E-state index is -2.92. The standard InChI is InChI=1S/C25H21NO2.C20H16N2O2.Al/c1-3-7-22-23-8-5-6-9-25(23)26(24(22)4-2)18-10-14-20(15-11-18)28-21-16-12-19(27)13-17-21;23-17-8-2-5-13-4-1-7-15(21-19(13)17)12-16-11-10-14-6-3-9-18(24)20(14)22-16;/h3-17,27H,1H2,2H3;2-11,23-24H,1,12H2;/q;;+3/p-3/b22-7-,24-4+;;. The fourth-order valence-corrected chi connectivity index (χ4v) is 8.32. The van der Waals surface area contributed by atoms with Crippen molar-refractivity contribution in [3.63, 3.8) is 0 Å². The molecule has 8 heteroatoms. The molecule has 7 aromatic rings. The third-order valence-corrected chi connectivity index (χ3v) is 10.8. The Morgan fingerprint density at radius 1 is 0.774 bits per heavy atom. The van der Waals surface area contributed by atoms with E-state index in [2.05, 4.69) is 97.0 Å². The zero-order valence-electron chi connectivity index (χ0n) is 29.1. The number of benzene rings is 5. The highest BCUT2D eigenvalue weighted by molar-refractivity contribution is 6.39. The van der Waals surface area contributed by atoms with Crippen molar-refractivity contribution in [3.8, 4) is 34.4 Å². The van der Waals surface area contributed by atoms with E-state index in [0.29, 0.717) is 29.4 Å². The Morgan fingerprint density at radius 2 is 1.53 bits per heavy atom. The van der Waals surface area contributed by atoms with Crippen LogP contribution in [-0.4, -0.2) is 24.7 Å². The third kappa shape index (κ3) is 6.40. The van der Waals surface area contributed by atoms with Crippen molar-refractivity contribution in [2.24, 2.45) is 4.99 Å². The maximum absolute atomic E-state index is 6.61. The lowest BCUT2D eigenvalue weighted by atomic mass is 10.1. The van der Waals surface area contributed by atoms with Crippen molar-refractivity contribution in [1.82, 2.24) is 9.55 Å². The molecule has 53 heavy (non-hydrogen) atoms. The van der Waals surface area contributed by atoms with Gasteiger partial charge >= 0.3 is 15.1 Å². The van der Waals surface area contributed by atoms with Gasteiger partial charge in [-0.15, -0.1) is 0 Å². The maximum Gasteiger partial charge on any atom is 1.20 e. The third-order valence-electron chi connectivity index (χ3n) is 9.42. The summed E-state index contributed by atoms with van der Waals surface area (Å²) in [5, 5.41) is 6.22. The first-order chi connectivity index (χ1) is 26.1. The molecular weight excluding hydrogens is 673 g/mol. The van der Waals surface area contributed by atoms with E-state index >= 15 is 0 Å². The van der Waals surface area contributed by atoms with Gasteiger partial charge in [-0.05, 0) is 86.1 Å². The van der Waals surface area contributed by atoms with Crippen molar-refractivity contribution < 1.29 is 16.1 Å². The average molecular weight is 708 g/mol. The molecule has 4 bridgehead atoms. The van der Waals surface area contributed by atoms with E-state index in [0.717, 1.165) is 66.8 Å². The molecule has 2 aliphatic heterocycles. The second-order valence-corrected chi connectivity index (χ2v) is 14.1. The number of allylic oxidation sites excluding steroid dienone is 3. The number of pyridine rings is 1. The fourth-order valence-electron chi connectivity index (χ4n) is 7.00. The van der Waals surface area contributed by atoms with Gasteiger partial charge in [0.2, 0.25) is 0 Å². The van der Waals surface area contributed by atoms with Gasteiger partial charge in [-0.2, -0.15) is 0 Å². The van der Waals surface area contributed by atoms with Gasteiger partial charge in [0, 0.05) is 50.1 Å². The Balaban J connectivity index is 0.994. The van der Waals surface area contributed by atoms with Crippen molar-refractivity contribution in [1.29, 1.82) is 0 Å². The molecule has 2 aromatic heterocycles. The molecule has 2 aliphatic rings. The Morgan fingerprint density at radius 3 is 2.36 bits per heavy atom. The summed E-state index contributed by atoms with van der Waals surface area (Å²) in [5.41, 5.74) is 4.82. The predicted molar refractivity (Wildman–Crippen MR) is 211 cm³/mol.